The smallest absolute Gasteiger partial charge is 0.338 e. The standard InChI is InChI=1S/C40H50O12/c1-9-38(7)21-27(51-34(44)25-16-12-10-13-17-25)31-39(8)28(20-29(48-22(2)41)40(31,47)36(38)46)37(5,6)32(50-24(4)43)30(49-23(3)42)33(39)52-35(45)26-18-14-11-15-19-26/h9-19,24,27-33,36,43,46-47H,1,20-21H2,2-8H3/t24?,27-,28+,29-,30+,31-,32-,33+,36?,38+,39+,40+/m1/s1. The average Bonchev–Trinajstić information content (AvgIpc) is 3.08. The molecule has 0 aliphatic heterocycles. The van der Waals surface area contributed by atoms with Crippen molar-refractivity contribution in [3.05, 3.63) is 84.4 Å². The Balaban J connectivity index is 1.81. The van der Waals surface area contributed by atoms with E-state index in [1.807, 2.05) is 13.8 Å². The van der Waals surface area contributed by atoms with Gasteiger partial charge in [0.05, 0.1) is 17.2 Å². The molecular formula is C40H50O12. The first-order chi connectivity index (χ1) is 24.3. The monoisotopic (exact) mass is 722 g/mol. The predicted molar refractivity (Wildman–Crippen MR) is 186 cm³/mol. The molecule has 0 spiro atoms. The van der Waals surface area contributed by atoms with E-state index < -0.39 is 100 Å². The maximum atomic E-state index is 14.0. The third kappa shape index (κ3) is 6.66. The Labute approximate surface area is 304 Å². The molecular weight excluding hydrogens is 672 g/mol. The first-order valence-electron chi connectivity index (χ1n) is 17.6. The van der Waals surface area contributed by atoms with Crippen molar-refractivity contribution in [2.75, 3.05) is 0 Å². The lowest BCUT2D eigenvalue weighted by atomic mass is 9.38. The van der Waals surface area contributed by atoms with Gasteiger partial charge in [0.15, 0.2) is 12.4 Å². The molecule has 12 atom stereocenters. The van der Waals surface area contributed by atoms with Crippen molar-refractivity contribution in [1.82, 2.24) is 0 Å². The van der Waals surface area contributed by atoms with Gasteiger partial charge in [0, 0.05) is 30.6 Å². The number of hydrogen-bond donors (Lipinski definition) is 3. The van der Waals surface area contributed by atoms with Crippen molar-refractivity contribution in [1.29, 1.82) is 0 Å². The normalized spacial score (nSPS) is 36.9. The van der Waals surface area contributed by atoms with Gasteiger partial charge in [0.2, 0.25) is 0 Å². The fraction of sp³-hybridized carbons (Fsp3) is 0.550. The van der Waals surface area contributed by atoms with E-state index in [9.17, 15) is 34.5 Å². The summed E-state index contributed by atoms with van der Waals surface area (Å²) < 4.78 is 30.7. The average molecular weight is 723 g/mol. The minimum absolute atomic E-state index is 0.0378. The molecule has 2 unspecified atom stereocenters. The molecule has 5 rings (SSSR count). The van der Waals surface area contributed by atoms with Crippen molar-refractivity contribution in [2.45, 2.75) is 110 Å². The van der Waals surface area contributed by atoms with Gasteiger partial charge in [-0.3, -0.25) is 9.59 Å². The van der Waals surface area contributed by atoms with Crippen LogP contribution in [-0.4, -0.2) is 87.7 Å². The van der Waals surface area contributed by atoms with Crippen molar-refractivity contribution < 1.29 is 58.2 Å². The Bertz CT molecular complexity index is 1660. The number of aliphatic hydroxyl groups excluding tert-OH is 2. The summed E-state index contributed by atoms with van der Waals surface area (Å²) in [6.07, 6.45) is -8.15. The molecule has 3 aliphatic carbocycles. The second-order valence-corrected chi connectivity index (χ2v) is 15.5. The van der Waals surface area contributed by atoms with Crippen molar-refractivity contribution in [3.8, 4) is 0 Å². The van der Waals surface area contributed by atoms with E-state index in [-0.39, 0.29) is 24.0 Å². The molecule has 52 heavy (non-hydrogen) atoms. The van der Waals surface area contributed by atoms with Gasteiger partial charge in [0.1, 0.15) is 30.0 Å². The summed E-state index contributed by atoms with van der Waals surface area (Å²) >= 11 is 0. The second kappa shape index (κ2) is 14.4. The van der Waals surface area contributed by atoms with Gasteiger partial charge in [0.25, 0.3) is 0 Å². The molecule has 3 saturated carbocycles. The Hall–Kier alpha value is -4.10. The number of carbonyl (C=O) groups is 4. The van der Waals surface area contributed by atoms with E-state index in [2.05, 4.69) is 6.58 Å². The molecule has 0 amide bonds. The summed E-state index contributed by atoms with van der Waals surface area (Å²) in [5, 5.41) is 36.1. The molecule has 0 radical (unpaired) electrons. The Kier molecular flexibility index (Phi) is 10.8. The number of esters is 4. The zero-order chi connectivity index (χ0) is 38.4. The van der Waals surface area contributed by atoms with E-state index in [4.69, 9.17) is 23.7 Å². The second-order valence-electron chi connectivity index (χ2n) is 15.5. The minimum Gasteiger partial charge on any atom is -0.459 e. The number of benzene rings is 2. The van der Waals surface area contributed by atoms with Gasteiger partial charge in [-0.15, -0.1) is 6.58 Å². The maximum Gasteiger partial charge on any atom is 0.338 e. The van der Waals surface area contributed by atoms with Crippen molar-refractivity contribution >= 4 is 23.9 Å². The van der Waals surface area contributed by atoms with Gasteiger partial charge in [-0.05, 0) is 55.4 Å². The molecule has 3 fully saturated rings. The Morgan fingerprint density at radius 1 is 0.827 bits per heavy atom. The SMILES string of the molecule is C=C[C@@]1(C)C[C@@H](OC(=O)c2ccccc2)[C@H]2[C@](O)(C1O)[C@H](OC(C)=O)C[C@H]1C(C)(C)[C@H](OC(C)O)[C@H](OC(C)=O)[C@H](OC(=O)c3ccccc3)[C@@]12C. The summed E-state index contributed by atoms with van der Waals surface area (Å²) in [5.74, 6) is -5.01. The molecule has 3 N–H and O–H groups in total. The lowest BCUT2D eigenvalue weighted by molar-refractivity contribution is -0.355. The fourth-order valence-corrected chi connectivity index (χ4v) is 9.58. The van der Waals surface area contributed by atoms with Gasteiger partial charge in [-0.1, -0.05) is 70.2 Å². The lowest BCUT2D eigenvalue weighted by Gasteiger charge is -2.70. The number of carbonyl (C=O) groups excluding carboxylic acids is 4. The van der Waals surface area contributed by atoms with E-state index in [1.54, 1.807) is 74.5 Å². The highest BCUT2D eigenvalue weighted by Gasteiger charge is 2.78. The number of rotatable bonds is 9. The lowest BCUT2D eigenvalue weighted by Crippen LogP contribution is -2.81. The number of aliphatic hydroxyl groups is 3. The predicted octanol–water partition coefficient (Wildman–Crippen LogP) is 4.39. The third-order valence-electron chi connectivity index (χ3n) is 11.7. The molecule has 0 heterocycles. The summed E-state index contributed by atoms with van der Waals surface area (Å²) in [5.41, 5.74) is -5.80. The molecule has 2 aromatic carbocycles. The fourth-order valence-electron chi connectivity index (χ4n) is 9.58. The molecule has 282 valence electrons. The summed E-state index contributed by atoms with van der Waals surface area (Å²) in [6, 6.07) is 16.4. The van der Waals surface area contributed by atoms with Gasteiger partial charge >= 0.3 is 23.9 Å². The molecule has 0 aromatic heterocycles. The number of fused-ring (bicyclic) bond motifs is 3. The summed E-state index contributed by atoms with van der Waals surface area (Å²) in [4.78, 5) is 53.5. The van der Waals surface area contributed by atoms with Crippen LogP contribution in [0.3, 0.4) is 0 Å². The number of hydrogen-bond acceptors (Lipinski definition) is 12. The molecule has 12 heteroatoms. The number of ether oxygens (including phenoxy) is 5. The summed E-state index contributed by atoms with van der Waals surface area (Å²) in [6.45, 7) is 14.8. The maximum absolute atomic E-state index is 14.0. The zero-order valence-electron chi connectivity index (χ0n) is 30.7. The van der Waals surface area contributed by atoms with Crippen molar-refractivity contribution in [3.63, 3.8) is 0 Å². The highest BCUT2D eigenvalue weighted by molar-refractivity contribution is 5.90. The van der Waals surface area contributed by atoms with Gasteiger partial charge < -0.3 is 39.0 Å². The van der Waals surface area contributed by atoms with E-state index in [0.717, 1.165) is 0 Å². The van der Waals surface area contributed by atoms with Crippen molar-refractivity contribution in [2.24, 2.45) is 28.1 Å². The van der Waals surface area contributed by atoms with E-state index in [0.29, 0.717) is 0 Å². The molecule has 0 bridgehead atoms. The minimum atomic E-state index is -2.34. The summed E-state index contributed by atoms with van der Waals surface area (Å²) in [7, 11) is 0. The Morgan fingerprint density at radius 2 is 1.35 bits per heavy atom. The van der Waals surface area contributed by atoms with Crippen LogP contribution in [0.2, 0.25) is 0 Å². The molecule has 2 aromatic rings. The first kappa shape index (κ1) is 39.1. The third-order valence-corrected chi connectivity index (χ3v) is 11.7. The van der Waals surface area contributed by atoms with Crippen LogP contribution in [0, 0.1) is 28.1 Å². The van der Waals surface area contributed by atoms with Crippen LogP contribution in [-0.2, 0) is 33.3 Å². The van der Waals surface area contributed by atoms with Crippen LogP contribution in [0.5, 0.6) is 0 Å². The van der Waals surface area contributed by atoms with Crippen LogP contribution >= 0.6 is 0 Å². The van der Waals surface area contributed by atoms with Crippen LogP contribution in [0.25, 0.3) is 0 Å². The van der Waals surface area contributed by atoms with E-state index in [1.165, 1.54) is 26.8 Å². The zero-order valence-corrected chi connectivity index (χ0v) is 30.7. The Morgan fingerprint density at radius 3 is 1.83 bits per heavy atom. The van der Waals surface area contributed by atoms with Crippen LogP contribution in [0.15, 0.2) is 73.3 Å². The largest absolute Gasteiger partial charge is 0.459 e. The van der Waals surface area contributed by atoms with Crippen LogP contribution in [0.1, 0.15) is 82.0 Å². The highest BCUT2D eigenvalue weighted by Crippen LogP contribution is 2.68. The van der Waals surface area contributed by atoms with Gasteiger partial charge in [-0.25, -0.2) is 9.59 Å². The molecule has 0 saturated heterocycles. The van der Waals surface area contributed by atoms with Crippen LogP contribution < -0.4 is 0 Å². The van der Waals surface area contributed by atoms with E-state index >= 15 is 0 Å². The van der Waals surface area contributed by atoms with Gasteiger partial charge in [-0.2, -0.15) is 0 Å². The highest BCUT2D eigenvalue weighted by atomic mass is 16.6. The first-order valence-corrected chi connectivity index (χ1v) is 17.6. The van der Waals surface area contributed by atoms with Crippen LogP contribution in [0.4, 0.5) is 0 Å². The molecule has 3 aliphatic rings. The topological polar surface area (TPSA) is 175 Å². The quantitative estimate of drug-likeness (QED) is 0.144. The molecule has 12 nitrogen and oxygen atoms in total.